The van der Waals surface area contributed by atoms with Crippen molar-refractivity contribution in [1.82, 2.24) is 39.9 Å². The third-order valence-corrected chi connectivity index (χ3v) is 17.1. The Bertz CT molecular complexity index is 4070. The summed E-state index contributed by atoms with van der Waals surface area (Å²) >= 11 is 26.4. The van der Waals surface area contributed by atoms with E-state index in [1.165, 1.54) is 22.3 Å². The molecule has 0 radical (unpaired) electrons. The van der Waals surface area contributed by atoms with E-state index in [2.05, 4.69) is 195 Å². The molecule has 12 rings (SSSR count). The van der Waals surface area contributed by atoms with Crippen molar-refractivity contribution in [2.75, 3.05) is 0 Å². The van der Waals surface area contributed by atoms with Gasteiger partial charge in [-0.25, -0.2) is 0 Å². The average Bonchev–Trinajstić information content (AvgIpc) is 0.824. The second kappa shape index (κ2) is 40.0. The van der Waals surface area contributed by atoms with Crippen LogP contribution in [0.15, 0.2) is 182 Å². The molecule has 0 amide bonds. The van der Waals surface area contributed by atoms with Crippen LogP contribution in [0.3, 0.4) is 0 Å². The molecule has 0 spiro atoms. The number of hydrogen-bond donors (Lipinski definition) is 0. The van der Waals surface area contributed by atoms with Crippen molar-refractivity contribution in [1.29, 1.82) is 0 Å². The summed E-state index contributed by atoms with van der Waals surface area (Å²) in [6.45, 7) is 15.7. The zero-order valence-corrected chi connectivity index (χ0v) is 66.0. The summed E-state index contributed by atoms with van der Waals surface area (Å²) < 4.78 is 5.67. The molecule has 0 saturated heterocycles. The molecule has 0 fully saturated rings. The largest absolute Gasteiger partial charge is 3.00 e. The number of halogens is 8. The number of rotatable bonds is 2. The maximum absolute atomic E-state index is 11.7. The van der Waals surface area contributed by atoms with E-state index in [-0.39, 0.29) is 96.7 Å². The average molecular weight is 2110 g/mol. The van der Waals surface area contributed by atoms with Crippen LogP contribution in [0.25, 0.3) is 66.4 Å². The van der Waals surface area contributed by atoms with Crippen molar-refractivity contribution < 1.29 is 104 Å². The molecule has 500 valence electrons. The van der Waals surface area contributed by atoms with Crippen LogP contribution < -0.4 is 20.4 Å². The fourth-order valence-electron chi connectivity index (χ4n) is 7.87. The molecule has 0 aliphatic carbocycles. The molecule has 0 atom stereocenters. The summed E-state index contributed by atoms with van der Waals surface area (Å²) in [7, 11) is 0. The minimum atomic E-state index is -1.75. The minimum Gasteiger partial charge on any atom is -0.870 e. The van der Waals surface area contributed by atoms with Crippen LogP contribution in [0.4, 0.5) is 0 Å². The molecule has 30 heteroatoms. The number of hydrogen-bond acceptors (Lipinski definition) is 18. The van der Waals surface area contributed by atoms with Gasteiger partial charge in [-0.3, -0.25) is 39.9 Å². The van der Waals surface area contributed by atoms with Crippen LogP contribution in [0, 0.1) is 160 Å². The third-order valence-electron chi connectivity index (χ3n) is 12.1. The Kier molecular flexibility index (Phi) is 35.5. The zero-order valence-electron chi connectivity index (χ0n) is 50.0. The van der Waals surface area contributed by atoms with E-state index in [1.54, 1.807) is 24.3 Å². The molecule has 4 aromatic carbocycles. The van der Waals surface area contributed by atoms with Crippen molar-refractivity contribution in [2.24, 2.45) is 0 Å². The molecule has 0 saturated carbocycles. The molecular formula is C64H48Br8Lu2N10O10. The number of nitrogens with zero attached hydrogens (tertiary/aromatic N) is 10. The Morgan fingerprint density at radius 1 is 0.287 bits per heavy atom. The summed E-state index contributed by atoms with van der Waals surface area (Å²) in [4.78, 5) is 50.6. The normalized spacial score (nSPS) is 9.96. The molecule has 12 aromatic rings. The van der Waals surface area contributed by atoms with E-state index in [4.69, 9.17) is 30.6 Å². The second-order valence-corrected chi connectivity index (χ2v) is 26.2. The summed E-state index contributed by atoms with van der Waals surface area (Å²) in [5, 5.41) is 79.7. The van der Waals surface area contributed by atoms with E-state index in [1.807, 2.05) is 150 Å². The molecule has 0 aliphatic rings. The summed E-state index contributed by atoms with van der Waals surface area (Å²) in [6.07, 6.45) is 7.26. The molecule has 0 bridgehead atoms. The van der Waals surface area contributed by atoms with Crippen molar-refractivity contribution in [3.8, 4) is 45.8 Å². The van der Waals surface area contributed by atoms with Crippen LogP contribution in [0.1, 0.15) is 45.0 Å². The van der Waals surface area contributed by atoms with Gasteiger partial charge >= 0.3 is 73.7 Å². The van der Waals surface area contributed by atoms with Crippen molar-refractivity contribution in [3.63, 3.8) is 0 Å². The third kappa shape index (κ3) is 25.5. The molecule has 20 nitrogen and oxygen atoms in total. The van der Waals surface area contributed by atoms with Crippen LogP contribution >= 0.6 is 127 Å². The van der Waals surface area contributed by atoms with Gasteiger partial charge in [0.05, 0.1) is 55.0 Å². The number of fused-ring (bicyclic) bond motifs is 4. The molecule has 94 heavy (non-hydrogen) atoms. The first-order valence-electron chi connectivity index (χ1n) is 26.4. The van der Waals surface area contributed by atoms with Crippen LogP contribution in [-0.4, -0.2) is 50.0 Å². The van der Waals surface area contributed by atoms with Gasteiger partial charge < -0.3 is 51.1 Å². The first-order valence-corrected chi connectivity index (χ1v) is 32.7. The predicted octanol–water partition coefficient (Wildman–Crippen LogP) is 17.6. The summed E-state index contributed by atoms with van der Waals surface area (Å²) in [5.41, 5.74) is 14.0. The predicted molar refractivity (Wildman–Crippen MR) is 380 cm³/mol. The number of pyridine rings is 8. The zero-order chi connectivity index (χ0) is 68.3. The minimum absolute atomic E-state index is 0. The summed E-state index contributed by atoms with van der Waals surface area (Å²) in [6, 6.07) is 38.3. The first kappa shape index (κ1) is 83.3. The van der Waals surface area contributed by atoms with Crippen LogP contribution in [0.5, 0.6) is 23.0 Å². The first-order chi connectivity index (χ1) is 43.3. The standard InChI is InChI=1S/2C12H12N2.4C10H7Br2NO.2Lu.2NO3/c2*1-9-3-5-13-11(7-9)12-8-10(2)4-6-14-12;4*1-5-2-3-6-7(11)4-8(12)10(14)9(6)13-5;;;2*2-1(3)4/h2*3-8H,1-2H3;4*2-4,14H,1H3;;;;/q;;;;;;2*+3;2*-1/p-4. The molecule has 0 aliphatic heterocycles. The van der Waals surface area contributed by atoms with Gasteiger partial charge in [0.25, 0.3) is 0 Å². The van der Waals surface area contributed by atoms with E-state index in [0.29, 0.717) is 40.0 Å². The van der Waals surface area contributed by atoms with E-state index in [0.717, 1.165) is 85.0 Å². The topological polar surface area (TPSA) is 328 Å². The smallest absolute Gasteiger partial charge is 0.870 e. The van der Waals surface area contributed by atoms with Crippen molar-refractivity contribution in [2.45, 2.75) is 55.4 Å². The van der Waals surface area contributed by atoms with Gasteiger partial charge in [-0.15, -0.1) is 0 Å². The summed E-state index contributed by atoms with van der Waals surface area (Å²) in [5.74, 6) is -0.252. The van der Waals surface area contributed by atoms with Crippen molar-refractivity contribution >= 4 is 171 Å². The molecule has 0 unspecified atom stereocenters. The maximum atomic E-state index is 11.7. The van der Waals surface area contributed by atoms with Gasteiger partial charge in [-0.2, -0.15) is 0 Å². The Morgan fingerprint density at radius 3 is 0.617 bits per heavy atom. The molecular weight excluding hydrogens is 2060 g/mol. The Hall–Kier alpha value is -4.97. The van der Waals surface area contributed by atoms with Gasteiger partial charge in [0, 0.05) is 105 Å². The molecule has 0 N–H and O–H groups in total. The van der Waals surface area contributed by atoms with Crippen LogP contribution in [0.2, 0.25) is 0 Å². The van der Waals surface area contributed by atoms with E-state index < -0.39 is 10.2 Å². The Morgan fingerprint density at radius 2 is 0.457 bits per heavy atom. The quantitative estimate of drug-likeness (QED) is 0.115. The van der Waals surface area contributed by atoms with E-state index in [9.17, 15) is 20.4 Å². The number of aryl methyl sites for hydroxylation is 8. The number of aromatic nitrogens is 8. The number of benzene rings is 4. The van der Waals surface area contributed by atoms with Gasteiger partial charge in [0.2, 0.25) is 0 Å². The Labute approximate surface area is 665 Å². The van der Waals surface area contributed by atoms with Gasteiger partial charge in [0.1, 0.15) is 0 Å². The fraction of sp³-hybridized carbons (Fsp3) is 0.125. The van der Waals surface area contributed by atoms with Crippen molar-refractivity contribution in [3.05, 3.63) is 258 Å². The Balaban J connectivity index is 0.000000286. The monoisotopic (exact) mass is 2100 g/mol. The van der Waals surface area contributed by atoms with E-state index >= 15 is 0 Å². The van der Waals surface area contributed by atoms with Crippen LogP contribution in [-0.2, 0) is 0 Å². The second-order valence-electron chi connectivity index (χ2n) is 19.4. The molecule has 8 aromatic heterocycles. The fourth-order valence-corrected chi connectivity index (χ4v) is 13.0. The van der Waals surface area contributed by atoms with Gasteiger partial charge in [0.15, 0.2) is 0 Å². The van der Waals surface area contributed by atoms with Gasteiger partial charge in [-0.05, 0) is 199 Å². The molecule has 8 heterocycles. The van der Waals surface area contributed by atoms with Gasteiger partial charge in [-0.1, -0.05) is 150 Å². The maximum Gasteiger partial charge on any atom is 3.00 e. The SMILES string of the molecule is Cc1ccc2c(Br)cc(Br)c([O-])c2n1.Cc1ccc2c(Br)cc(Br)c([O-])c2n1.Cc1ccc2c(Br)cc(Br)c([O-])c2n1.Cc1ccc2c(Br)cc(Br)c([O-])c2n1.Cc1ccnc(-c2cc(C)ccn2)c1.Cc1ccnc(-c2cc(C)ccn2)c1.O=[N+]([O-])[O-].O=[N+]([O-])[O-].[Lu+3].[Lu+3].